The number of benzene rings is 8. The highest BCUT2D eigenvalue weighted by atomic mass is 15.0. The lowest BCUT2D eigenvalue weighted by atomic mass is 9.99. The molecule has 52 heavy (non-hydrogen) atoms. The van der Waals surface area contributed by atoms with Gasteiger partial charge in [0.2, 0.25) is 0 Å². The Bertz CT molecular complexity index is 3180. The van der Waals surface area contributed by atoms with Crippen molar-refractivity contribution in [2.75, 3.05) is 0 Å². The van der Waals surface area contributed by atoms with Crippen LogP contribution in [0.3, 0.4) is 0 Å². The van der Waals surface area contributed by atoms with E-state index in [1.165, 1.54) is 99.0 Å². The zero-order valence-corrected chi connectivity index (χ0v) is 28.7. The monoisotopic (exact) mass is 663 g/mol. The summed E-state index contributed by atoms with van der Waals surface area (Å²) in [7, 11) is 2.19. The smallest absolute Gasteiger partial charge is 0.0547 e. The highest BCUT2D eigenvalue weighted by molar-refractivity contribution is 6.13. The molecule has 0 saturated heterocycles. The third-order valence-corrected chi connectivity index (χ3v) is 11.0. The van der Waals surface area contributed by atoms with Crippen LogP contribution in [-0.2, 0) is 7.05 Å². The van der Waals surface area contributed by atoms with Crippen LogP contribution in [0.5, 0.6) is 0 Å². The Morgan fingerprint density at radius 1 is 0.269 bits per heavy atom. The molecule has 0 saturated carbocycles. The first-order valence-corrected chi connectivity index (χ1v) is 17.9. The van der Waals surface area contributed by atoms with Crippen molar-refractivity contribution in [1.29, 1.82) is 0 Å². The van der Waals surface area contributed by atoms with Crippen LogP contribution in [-0.4, -0.2) is 13.7 Å². The summed E-state index contributed by atoms with van der Waals surface area (Å²) in [6.45, 7) is 0. The summed E-state index contributed by atoms with van der Waals surface area (Å²) < 4.78 is 7.11. The Hall–Kier alpha value is -6.84. The molecule has 11 rings (SSSR count). The summed E-state index contributed by atoms with van der Waals surface area (Å²) in [6.07, 6.45) is 0. The van der Waals surface area contributed by atoms with Gasteiger partial charge in [-0.05, 0) is 95.1 Å². The topological polar surface area (TPSA) is 14.8 Å². The molecule has 0 aliphatic carbocycles. The van der Waals surface area contributed by atoms with E-state index in [0.717, 1.165) is 0 Å². The number of hydrogen-bond donors (Lipinski definition) is 0. The molecular formula is C49H33N3. The SMILES string of the molecule is Cn1c2ccc(-c3ccc4c5ccccc5n(-c5ccccc5)c4c3)cc2c2ccc(-c3ccc4c(c3)c3ccccc3n4-c3ccccc3)cc21. The van der Waals surface area contributed by atoms with Crippen LogP contribution in [0.1, 0.15) is 0 Å². The molecule has 0 radical (unpaired) electrons. The maximum absolute atomic E-state index is 2.39. The Balaban J connectivity index is 1.04. The van der Waals surface area contributed by atoms with Crippen LogP contribution in [0, 0.1) is 0 Å². The molecule has 0 atom stereocenters. The fraction of sp³-hybridized carbons (Fsp3) is 0.0204. The van der Waals surface area contributed by atoms with E-state index in [9.17, 15) is 0 Å². The van der Waals surface area contributed by atoms with Gasteiger partial charge in [-0.1, -0.05) is 109 Å². The third-order valence-electron chi connectivity index (χ3n) is 11.0. The molecule has 3 nitrogen and oxygen atoms in total. The first kappa shape index (κ1) is 28.9. The first-order chi connectivity index (χ1) is 25.7. The minimum atomic E-state index is 1.17. The van der Waals surface area contributed by atoms with Crippen LogP contribution < -0.4 is 0 Å². The predicted octanol–water partition coefficient (Wildman–Crippen LogP) is 12.9. The highest BCUT2D eigenvalue weighted by Gasteiger charge is 2.17. The lowest BCUT2D eigenvalue weighted by molar-refractivity contribution is 1.01. The Morgan fingerprint density at radius 2 is 0.654 bits per heavy atom. The van der Waals surface area contributed by atoms with E-state index in [4.69, 9.17) is 0 Å². The van der Waals surface area contributed by atoms with Gasteiger partial charge in [0.05, 0.1) is 22.1 Å². The molecule has 0 bridgehead atoms. The summed E-state index contributed by atoms with van der Waals surface area (Å²) in [6, 6.07) is 66.5. The van der Waals surface area contributed by atoms with Gasteiger partial charge in [-0.25, -0.2) is 0 Å². The molecule has 3 aromatic heterocycles. The van der Waals surface area contributed by atoms with Gasteiger partial charge in [0.15, 0.2) is 0 Å². The van der Waals surface area contributed by atoms with Crippen molar-refractivity contribution in [2.45, 2.75) is 0 Å². The molecule has 3 heterocycles. The van der Waals surface area contributed by atoms with Crippen LogP contribution >= 0.6 is 0 Å². The number of aromatic nitrogens is 3. The van der Waals surface area contributed by atoms with E-state index in [1.54, 1.807) is 0 Å². The second-order valence-electron chi connectivity index (χ2n) is 13.9. The van der Waals surface area contributed by atoms with E-state index in [1.807, 2.05) is 0 Å². The third kappa shape index (κ3) is 4.20. The van der Waals surface area contributed by atoms with Crippen molar-refractivity contribution < 1.29 is 0 Å². The lowest BCUT2D eigenvalue weighted by Gasteiger charge is -2.09. The van der Waals surface area contributed by atoms with Gasteiger partial charge in [-0.3, -0.25) is 0 Å². The second kappa shape index (κ2) is 11.1. The molecule has 0 N–H and O–H groups in total. The molecule has 0 fully saturated rings. The van der Waals surface area contributed by atoms with Crippen molar-refractivity contribution in [3.63, 3.8) is 0 Å². The Labute approximate surface area is 300 Å². The molecule has 244 valence electrons. The normalized spacial score (nSPS) is 11.9. The molecule has 0 unspecified atom stereocenters. The van der Waals surface area contributed by atoms with Gasteiger partial charge in [-0.15, -0.1) is 0 Å². The first-order valence-electron chi connectivity index (χ1n) is 17.9. The van der Waals surface area contributed by atoms with E-state index < -0.39 is 0 Å². The Morgan fingerprint density at radius 3 is 1.27 bits per heavy atom. The summed E-state index contributed by atoms with van der Waals surface area (Å²) in [5, 5.41) is 7.61. The van der Waals surface area contributed by atoms with E-state index >= 15 is 0 Å². The molecule has 0 aliphatic rings. The number of nitrogens with zero attached hydrogens (tertiary/aromatic N) is 3. The fourth-order valence-corrected chi connectivity index (χ4v) is 8.58. The van der Waals surface area contributed by atoms with Gasteiger partial charge in [-0.2, -0.15) is 0 Å². The van der Waals surface area contributed by atoms with Gasteiger partial charge >= 0.3 is 0 Å². The van der Waals surface area contributed by atoms with Crippen LogP contribution in [0.15, 0.2) is 182 Å². The predicted molar refractivity (Wildman–Crippen MR) is 220 cm³/mol. The minimum Gasteiger partial charge on any atom is -0.344 e. The van der Waals surface area contributed by atoms with Crippen LogP contribution in [0.4, 0.5) is 0 Å². The maximum Gasteiger partial charge on any atom is 0.0547 e. The number of hydrogen-bond acceptors (Lipinski definition) is 0. The number of para-hydroxylation sites is 4. The minimum absolute atomic E-state index is 1.17. The largest absolute Gasteiger partial charge is 0.344 e. The molecule has 11 aromatic rings. The number of aryl methyl sites for hydroxylation is 1. The summed E-state index contributed by atoms with van der Waals surface area (Å²) >= 11 is 0. The molecular weight excluding hydrogens is 631 g/mol. The molecule has 8 aromatic carbocycles. The van der Waals surface area contributed by atoms with Gasteiger partial charge in [0.1, 0.15) is 0 Å². The van der Waals surface area contributed by atoms with E-state index in [0.29, 0.717) is 0 Å². The molecule has 0 aliphatic heterocycles. The molecule has 0 amide bonds. The van der Waals surface area contributed by atoms with E-state index in [2.05, 4.69) is 203 Å². The second-order valence-corrected chi connectivity index (χ2v) is 13.9. The van der Waals surface area contributed by atoms with Crippen molar-refractivity contribution >= 4 is 65.4 Å². The fourth-order valence-electron chi connectivity index (χ4n) is 8.58. The number of rotatable bonds is 4. The zero-order chi connectivity index (χ0) is 34.3. The molecule has 3 heteroatoms. The summed E-state index contributed by atoms with van der Waals surface area (Å²) in [5.41, 5.74) is 14.6. The van der Waals surface area contributed by atoms with Crippen molar-refractivity contribution in [3.8, 4) is 33.6 Å². The average molecular weight is 664 g/mol. The van der Waals surface area contributed by atoms with Crippen LogP contribution in [0.25, 0.3) is 99.0 Å². The standard InChI is InChI=1S/C49H33N3/c1-50-44-26-22-32(35-20-24-40-38-16-8-10-18-45(38)52(49(40)31-35)37-14-6-3-7-15-37)28-42(44)41-25-21-34(30-48(41)50)33-23-27-47-43(29-33)39-17-9-11-19-46(39)51(47)36-12-4-2-5-13-36/h2-31H,1H3. The maximum atomic E-state index is 2.39. The average Bonchev–Trinajstić information content (AvgIpc) is 3.82. The summed E-state index contributed by atoms with van der Waals surface area (Å²) in [5.74, 6) is 0. The van der Waals surface area contributed by atoms with Crippen molar-refractivity contribution in [3.05, 3.63) is 182 Å². The van der Waals surface area contributed by atoms with Gasteiger partial charge < -0.3 is 13.7 Å². The quantitative estimate of drug-likeness (QED) is 0.178. The van der Waals surface area contributed by atoms with E-state index in [-0.39, 0.29) is 0 Å². The molecule has 0 spiro atoms. The summed E-state index contributed by atoms with van der Waals surface area (Å²) in [4.78, 5) is 0. The van der Waals surface area contributed by atoms with Gasteiger partial charge in [0.25, 0.3) is 0 Å². The lowest BCUT2D eigenvalue weighted by Crippen LogP contribution is -1.93. The Kier molecular flexibility index (Phi) is 6.17. The number of fused-ring (bicyclic) bond motifs is 9. The van der Waals surface area contributed by atoms with Crippen molar-refractivity contribution in [1.82, 2.24) is 13.7 Å². The highest BCUT2D eigenvalue weighted by Crippen LogP contribution is 2.39. The van der Waals surface area contributed by atoms with Gasteiger partial charge in [0, 0.05) is 61.8 Å². The van der Waals surface area contributed by atoms with Crippen LogP contribution in [0.2, 0.25) is 0 Å². The van der Waals surface area contributed by atoms with Crippen molar-refractivity contribution in [2.24, 2.45) is 7.05 Å². The zero-order valence-electron chi connectivity index (χ0n) is 28.7.